The van der Waals surface area contributed by atoms with Crippen LogP contribution >= 0.6 is 11.6 Å². The SMILES string of the molecule is CCCC1=NN(C)C2C(=NCc3ccc(OC)c(Cl)c3)NC(CNCCC3CNCCO3)=NC12. The van der Waals surface area contributed by atoms with Crippen molar-refractivity contribution in [2.24, 2.45) is 15.1 Å². The molecule has 0 saturated carbocycles. The quantitative estimate of drug-likeness (QED) is 0.435. The summed E-state index contributed by atoms with van der Waals surface area (Å²) in [7, 11) is 3.61. The zero-order chi connectivity index (χ0) is 23.9. The molecule has 3 heterocycles. The Labute approximate surface area is 207 Å². The second kappa shape index (κ2) is 12.0. The number of hydrazone groups is 1. The molecule has 3 atom stereocenters. The lowest BCUT2D eigenvalue weighted by atomic mass is 9.99. The molecule has 1 aromatic carbocycles. The minimum absolute atomic E-state index is 0.00733. The summed E-state index contributed by atoms with van der Waals surface area (Å²) < 4.78 is 11.1. The molecule has 10 heteroatoms. The number of amidine groups is 2. The molecule has 0 aliphatic carbocycles. The van der Waals surface area contributed by atoms with Gasteiger partial charge in [-0.25, -0.2) is 0 Å². The second-order valence-corrected chi connectivity index (χ2v) is 9.25. The van der Waals surface area contributed by atoms with E-state index in [-0.39, 0.29) is 18.2 Å². The molecule has 1 saturated heterocycles. The molecule has 0 aromatic heterocycles. The Morgan fingerprint density at radius 3 is 3.00 bits per heavy atom. The molecule has 9 nitrogen and oxygen atoms in total. The van der Waals surface area contributed by atoms with Crippen molar-refractivity contribution in [3.05, 3.63) is 28.8 Å². The molecule has 186 valence electrons. The van der Waals surface area contributed by atoms with E-state index >= 15 is 0 Å². The van der Waals surface area contributed by atoms with Gasteiger partial charge in [0, 0.05) is 20.1 Å². The molecule has 3 aliphatic heterocycles. The summed E-state index contributed by atoms with van der Waals surface area (Å²) in [6, 6.07) is 5.75. The predicted octanol–water partition coefficient (Wildman–Crippen LogP) is 2.06. The van der Waals surface area contributed by atoms with Gasteiger partial charge in [0.25, 0.3) is 0 Å². The largest absolute Gasteiger partial charge is 0.495 e. The van der Waals surface area contributed by atoms with Gasteiger partial charge in [-0.15, -0.1) is 0 Å². The minimum Gasteiger partial charge on any atom is -0.495 e. The molecule has 1 fully saturated rings. The summed E-state index contributed by atoms with van der Waals surface area (Å²) in [6.07, 6.45) is 3.21. The number of rotatable bonds is 10. The molecule has 3 unspecified atom stereocenters. The highest BCUT2D eigenvalue weighted by molar-refractivity contribution is 6.32. The van der Waals surface area contributed by atoms with Crippen LogP contribution in [-0.4, -0.2) is 87.5 Å². The van der Waals surface area contributed by atoms with E-state index in [1.165, 1.54) is 0 Å². The number of hydrogen-bond donors (Lipinski definition) is 3. The van der Waals surface area contributed by atoms with Gasteiger partial charge in [0.15, 0.2) is 0 Å². The van der Waals surface area contributed by atoms with Crippen LogP contribution < -0.4 is 20.7 Å². The van der Waals surface area contributed by atoms with Crippen LogP contribution in [0.15, 0.2) is 33.3 Å². The van der Waals surface area contributed by atoms with E-state index in [0.717, 1.165) is 68.4 Å². The molecule has 1 aromatic rings. The minimum atomic E-state index is -0.0132. The fourth-order valence-corrected chi connectivity index (χ4v) is 4.82. The van der Waals surface area contributed by atoms with Gasteiger partial charge in [-0.1, -0.05) is 31.0 Å². The molecule has 0 radical (unpaired) electrons. The Balaban J connectivity index is 1.44. The first-order valence-electron chi connectivity index (χ1n) is 12.1. The fourth-order valence-electron chi connectivity index (χ4n) is 4.54. The molecule has 4 rings (SSSR count). The number of likely N-dealkylation sites (N-methyl/N-ethyl adjacent to an activating group) is 1. The Morgan fingerprint density at radius 1 is 1.38 bits per heavy atom. The van der Waals surface area contributed by atoms with Crippen LogP contribution in [0, 0.1) is 0 Å². The van der Waals surface area contributed by atoms with Crippen molar-refractivity contribution in [2.45, 2.75) is 50.9 Å². The molecule has 3 aliphatic rings. The van der Waals surface area contributed by atoms with Gasteiger partial charge >= 0.3 is 0 Å². The summed E-state index contributed by atoms with van der Waals surface area (Å²) in [6.45, 7) is 6.85. The normalized spacial score (nSPS) is 25.6. The monoisotopic (exact) mass is 489 g/mol. The fraction of sp³-hybridized carbons (Fsp3) is 0.625. The van der Waals surface area contributed by atoms with Crippen molar-refractivity contribution < 1.29 is 9.47 Å². The van der Waals surface area contributed by atoms with Crippen molar-refractivity contribution in [1.82, 2.24) is 21.0 Å². The smallest absolute Gasteiger partial charge is 0.137 e. The zero-order valence-electron chi connectivity index (χ0n) is 20.3. The maximum Gasteiger partial charge on any atom is 0.137 e. The number of nitrogens with zero attached hydrogens (tertiary/aromatic N) is 4. The molecule has 0 amide bonds. The maximum absolute atomic E-state index is 6.31. The molecular formula is C24H36ClN7O2. The van der Waals surface area contributed by atoms with Gasteiger partial charge < -0.3 is 25.4 Å². The van der Waals surface area contributed by atoms with Crippen LogP contribution in [0.2, 0.25) is 5.02 Å². The number of methoxy groups -OCH3 is 1. The van der Waals surface area contributed by atoms with Crippen molar-refractivity contribution in [3.8, 4) is 5.75 Å². The van der Waals surface area contributed by atoms with E-state index in [1.54, 1.807) is 7.11 Å². The summed E-state index contributed by atoms with van der Waals surface area (Å²) in [5.41, 5.74) is 2.14. The van der Waals surface area contributed by atoms with Crippen LogP contribution in [0.5, 0.6) is 5.75 Å². The summed E-state index contributed by atoms with van der Waals surface area (Å²) >= 11 is 6.31. The lowest BCUT2D eigenvalue weighted by Crippen LogP contribution is -2.56. The number of nitrogens with one attached hydrogen (secondary N) is 3. The third-order valence-electron chi connectivity index (χ3n) is 6.27. The zero-order valence-corrected chi connectivity index (χ0v) is 21.1. The highest BCUT2D eigenvalue weighted by Gasteiger charge is 2.41. The Morgan fingerprint density at radius 2 is 2.26 bits per heavy atom. The lowest BCUT2D eigenvalue weighted by molar-refractivity contribution is 0.0240. The summed E-state index contributed by atoms with van der Waals surface area (Å²) in [5, 5.41) is 17.8. The maximum atomic E-state index is 6.31. The van der Waals surface area contributed by atoms with Crippen LogP contribution in [-0.2, 0) is 11.3 Å². The second-order valence-electron chi connectivity index (χ2n) is 8.84. The first-order chi connectivity index (χ1) is 16.6. The van der Waals surface area contributed by atoms with E-state index in [0.29, 0.717) is 23.9 Å². The van der Waals surface area contributed by atoms with Gasteiger partial charge in [-0.3, -0.25) is 15.0 Å². The third-order valence-corrected chi connectivity index (χ3v) is 6.57. The highest BCUT2D eigenvalue weighted by Crippen LogP contribution is 2.26. The van der Waals surface area contributed by atoms with Gasteiger partial charge in [0.05, 0.1) is 43.6 Å². The van der Waals surface area contributed by atoms with Gasteiger partial charge in [0.1, 0.15) is 29.5 Å². The number of hydrogen-bond acceptors (Lipinski definition) is 8. The van der Waals surface area contributed by atoms with E-state index in [9.17, 15) is 0 Å². The Hall–Kier alpha value is -2.20. The van der Waals surface area contributed by atoms with Crippen molar-refractivity contribution in [3.63, 3.8) is 0 Å². The Kier molecular flexibility index (Phi) is 8.77. The number of aliphatic imine (C=N–C) groups is 2. The van der Waals surface area contributed by atoms with E-state index in [4.69, 9.17) is 36.2 Å². The molecule has 3 N–H and O–H groups in total. The molecule has 0 bridgehead atoms. The van der Waals surface area contributed by atoms with Gasteiger partial charge in [-0.2, -0.15) is 5.10 Å². The average molecular weight is 490 g/mol. The molecular weight excluding hydrogens is 454 g/mol. The lowest BCUT2D eigenvalue weighted by Gasteiger charge is -2.31. The van der Waals surface area contributed by atoms with E-state index < -0.39 is 0 Å². The number of fused-ring (bicyclic) bond motifs is 1. The van der Waals surface area contributed by atoms with Crippen LogP contribution in [0.3, 0.4) is 0 Å². The highest BCUT2D eigenvalue weighted by atomic mass is 35.5. The van der Waals surface area contributed by atoms with E-state index in [1.807, 2.05) is 30.3 Å². The van der Waals surface area contributed by atoms with Gasteiger partial charge in [0.2, 0.25) is 0 Å². The summed E-state index contributed by atoms with van der Waals surface area (Å²) in [4.78, 5) is 9.97. The van der Waals surface area contributed by atoms with Crippen LogP contribution in [0.25, 0.3) is 0 Å². The third kappa shape index (κ3) is 6.07. The van der Waals surface area contributed by atoms with Gasteiger partial charge in [-0.05, 0) is 37.1 Å². The van der Waals surface area contributed by atoms with E-state index in [2.05, 4.69) is 22.9 Å². The number of halogens is 1. The first-order valence-corrected chi connectivity index (χ1v) is 12.5. The topological polar surface area (TPSA) is 94.9 Å². The van der Waals surface area contributed by atoms with Crippen LogP contribution in [0.1, 0.15) is 31.7 Å². The van der Waals surface area contributed by atoms with Crippen LogP contribution in [0.4, 0.5) is 0 Å². The van der Waals surface area contributed by atoms with Crippen molar-refractivity contribution in [2.75, 3.05) is 46.9 Å². The molecule has 0 spiro atoms. The number of benzene rings is 1. The summed E-state index contributed by atoms with van der Waals surface area (Å²) in [5.74, 6) is 2.45. The van der Waals surface area contributed by atoms with Crippen molar-refractivity contribution >= 4 is 29.0 Å². The average Bonchev–Trinajstić information content (AvgIpc) is 3.16. The molecule has 34 heavy (non-hydrogen) atoms. The first kappa shape index (κ1) is 24.9. The number of ether oxygens (including phenoxy) is 2. The predicted molar refractivity (Wildman–Crippen MR) is 137 cm³/mol. The Bertz CT molecular complexity index is 930. The number of morpholine rings is 1. The van der Waals surface area contributed by atoms with Crippen molar-refractivity contribution in [1.29, 1.82) is 0 Å². The standard InChI is InChI=1S/C24H36ClN7O2/c1-4-5-19-22-23(32(2)31-19)24(28-13-16-6-7-20(33-3)18(25)12-16)30-21(29-22)15-26-9-8-17-14-27-10-11-34-17/h6-7,12,17,22-23,26-27H,4-5,8-11,13-15H2,1-3H3,(H,28,29,30).